The van der Waals surface area contributed by atoms with Crippen LogP contribution in [0.4, 0.5) is 0 Å². The molecular formula is C11H11BrN2. The van der Waals surface area contributed by atoms with Crippen molar-refractivity contribution in [3.05, 3.63) is 29.1 Å². The first-order chi connectivity index (χ1) is 6.85. The Hall–Kier alpha value is -0.880. The van der Waals surface area contributed by atoms with Crippen molar-refractivity contribution in [3.63, 3.8) is 0 Å². The molecule has 1 atom stereocenters. The average molecular weight is 251 g/mol. The second-order valence-electron chi connectivity index (χ2n) is 3.53. The van der Waals surface area contributed by atoms with E-state index in [1.165, 1.54) is 17.7 Å². The van der Waals surface area contributed by atoms with Crippen LogP contribution in [0.5, 0.6) is 0 Å². The van der Waals surface area contributed by atoms with E-state index in [9.17, 15) is 0 Å². The molecule has 0 aromatic carbocycles. The van der Waals surface area contributed by atoms with Gasteiger partial charge in [-0.2, -0.15) is 5.26 Å². The van der Waals surface area contributed by atoms with Gasteiger partial charge in [0.05, 0.1) is 17.7 Å². The Morgan fingerprint density at radius 1 is 1.50 bits per heavy atom. The molecule has 0 fully saturated rings. The van der Waals surface area contributed by atoms with E-state index in [1.54, 1.807) is 0 Å². The van der Waals surface area contributed by atoms with Gasteiger partial charge < -0.3 is 0 Å². The first-order valence-electron chi connectivity index (χ1n) is 4.79. The molecule has 0 radical (unpaired) electrons. The lowest BCUT2D eigenvalue weighted by molar-refractivity contribution is 0.877. The van der Waals surface area contributed by atoms with Gasteiger partial charge >= 0.3 is 0 Å². The van der Waals surface area contributed by atoms with Crippen molar-refractivity contribution >= 4 is 15.9 Å². The van der Waals surface area contributed by atoms with Gasteiger partial charge in [0.15, 0.2) is 0 Å². The number of halogens is 1. The van der Waals surface area contributed by atoms with E-state index in [-0.39, 0.29) is 5.92 Å². The zero-order valence-electron chi connectivity index (χ0n) is 7.83. The van der Waals surface area contributed by atoms with Crippen LogP contribution in [0.3, 0.4) is 0 Å². The standard InChI is InChI=1S/C11H11BrN2/c12-6-9(7-13)11-5-4-8-2-1-3-10(8)14-11/h4-5,9H,1-3,6H2. The summed E-state index contributed by atoms with van der Waals surface area (Å²) in [6, 6.07) is 6.36. The summed E-state index contributed by atoms with van der Waals surface area (Å²) in [6.07, 6.45) is 3.43. The number of hydrogen-bond donors (Lipinski definition) is 0. The van der Waals surface area contributed by atoms with E-state index < -0.39 is 0 Å². The van der Waals surface area contributed by atoms with Gasteiger partial charge in [0.1, 0.15) is 0 Å². The number of hydrogen-bond acceptors (Lipinski definition) is 2. The van der Waals surface area contributed by atoms with Crippen LogP contribution in [0.2, 0.25) is 0 Å². The summed E-state index contributed by atoms with van der Waals surface area (Å²) in [7, 11) is 0. The molecule has 2 nitrogen and oxygen atoms in total. The molecule has 0 amide bonds. The van der Waals surface area contributed by atoms with E-state index in [0.717, 1.165) is 18.5 Å². The van der Waals surface area contributed by atoms with Gasteiger partial charge in [-0.1, -0.05) is 22.0 Å². The van der Waals surface area contributed by atoms with Crippen molar-refractivity contribution in [2.75, 3.05) is 5.33 Å². The van der Waals surface area contributed by atoms with Crippen LogP contribution in [0.25, 0.3) is 0 Å². The van der Waals surface area contributed by atoms with E-state index in [4.69, 9.17) is 5.26 Å². The Bertz CT molecular complexity index is 381. The number of aryl methyl sites for hydroxylation is 2. The Labute approximate surface area is 92.1 Å². The number of rotatable bonds is 2. The fraction of sp³-hybridized carbons (Fsp3) is 0.455. The van der Waals surface area contributed by atoms with Crippen LogP contribution in [0.15, 0.2) is 12.1 Å². The Morgan fingerprint density at radius 2 is 2.36 bits per heavy atom. The van der Waals surface area contributed by atoms with Crippen LogP contribution in [-0.4, -0.2) is 10.3 Å². The predicted molar refractivity (Wildman–Crippen MR) is 58.4 cm³/mol. The van der Waals surface area contributed by atoms with E-state index >= 15 is 0 Å². The third-order valence-electron chi connectivity index (χ3n) is 2.62. The van der Waals surface area contributed by atoms with Gasteiger partial charge in [-0.05, 0) is 30.9 Å². The lowest BCUT2D eigenvalue weighted by Crippen LogP contribution is -2.02. The van der Waals surface area contributed by atoms with E-state index in [1.807, 2.05) is 6.07 Å². The summed E-state index contributed by atoms with van der Waals surface area (Å²) in [5, 5.41) is 9.57. The fourth-order valence-corrected chi connectivity index (χ4v) is 2.29. The quantitative estimate of drug-likeness (QED) is 0.757. The van der Waals surface area contributed by atoms with Crippen molar-refractivity contribution in [2.45, 2.75) is 25.2 Å². The molecule has 3 heteroatoms. The Morgan fingerprint density at radius 3 is 3.07 bits per heavy atom. The van der Waals surface area contributed by atoms with E-state index in [2.05, 4.69) is 33.0 Å². The maximum Gasteiger partial charge on any atom is 0.0981 e. The van der Waals surface area contributed by atoms with Crippen molar-refractivity contribution in [1.29, 1.82) is 5.26 Å². The minimum Gasteiger partial charge on any atom is -0.256 e. The first kappa shape index (κ1) is 9.67. The molecule has 0 N–H and O–H groups in total. The number of nitriles is 1. The molecule has 14 heavy (non-hydrogen) atoms. The smallest absolute Gasteiger partial charge is 0.0981 e. The zero-order chi connectivity index (χ0) is 9.97. The largest absolute Gasteiger partial charge is 0.256 e. The Kier molecular flexibility index (Phi) is 2.83. The normalized spacial score (nSPS) is 16.0. The number of aromatic nitrogens is 1. The maximum atomic E-state index is 8.91. The molecule has 1 unspecified atom stereocenters. The molecule has 0 aliphatic heterocycles. The third kappa shape index (κ3) is 1.67. The molecule has 1 aromatic heterocycles. The van der Waals surface area contributed by atoms with Crippen molar-refractivity contribution in [2.24, 2.45) is 0 Å². The van der Waals surface area contributed by atoms with Crippen LogP contribution in [0, 0.1) is 11.3 Å². The molecule has 72 valence electrons. The molecule has 0 saturated heterocycles. The van der Waals surface area contributed by atoms with Gasteiger partial charge in [-0.15, -0.1) is 0 Å². The van der Waals surface area contributed by atoms with E-state index in [0.29, 0.717) is 5.33 Å². The highest BCUT2D eigenvalue weighted by Crippen LogP contribution is 2.23. The monoisotopic (exact) mass is 250 g/mol. The zero-order valence-corrected chi connectivity index (χ0v) is 9.42. The van der Waals surface area contributed by atoms with Crippen LogP contribution in [-0.2, 0) is 12.8 Å². The van der Waals surface area contributed by atoms with Gasteiger partial charge in [-0.3, -0.25) is 4.98 Å². The topological polar surface area (TPSA) is 36.7 Å². The summed E-state index contributed by atoms with van der Waals surface area (Å²) >= 11 is 3.33. The lowest BCUT2D eigenvalue weighted by atomic mass is 10.1. The summed E-state index contributed by atoms with van der Waals surface area (Å²) < 4.78 is 0. The fourth-order valence-electron chi connectivity index (χ4n) is 1.81. The van der Waals surface area contributed by atoms with Crippen LogP contribution in [0.1, 0.15) is 29.3 Å². The highest BCUT2D eigenvalue weighted by molar-refractivity contribution is 9.09. The van der Waals surface area contributed by atoms with Gasteiger partial charge in [0.2, 0.25) is 0 Å². The van der Waals surface area contributed by atoms with Gasteiger partial charge in [0.25, 0.3) is 0 Å². The molecule has 0 spiro atoms. The highest BCUT2D eigenvalue weighted by atomic mass is 79.9. The van der Waals surface area contributed by atoms with Crippen LogP contribution >= 0.6 is 15.9 Å². The highest BCUT2D eigenvalue weighted by Gasteiger charge is 2.16. The molecule has 1 heterocycles. The second-order valence-corrected chi connectivity index (χ2v) is 4.18. The second kappa shape index (κ2) is 4.10. The van der Waals surface area contributed by atoms with Crippen molar-refractivity contribution < 1.29 is 0 Å². The molecule has 1 aliphatic rings. The molecule has 2 rings (SSSR count). The minimum atomic E-state index is -0.110. The predicted octanol–water partition coefficient (Wildman–Crippen LogP) is 2.57. The number of nitrogens with zero attached hydrogens (tertiary/aromatic N) is 2. The van der Waals surface area contributed by atoms with Crippen molar-refractivity contribution in [1.82, 2.24) is 4.98 Å². The number of alkyl halides is 1. The SMILES string of the molecule is N#CC(CBr)c1ccc2c(n1)CCC2. The summed E-state index contributed by atoms with van der Waals surface area (Å²) in [6.45, 7) is 0. The number of fused-ring (bicyclic) bond motifs is 1. The first-order valence-corrected chi connectivity index (χ1v) is 5.91. The third-order valence-corrected chi connectivity index (χ3v) is 3.26. The van der Waals surface area contributed by atoms with Gasteiger partial charge in [0, 0.05) is 11.0 Å². The van der Waals surface area contributed by atoms with Crippen molar-refractivity contribution in [3.8, 4) is 6.07 Å². The Balaban J connectivity index is 2.33. The molecular weight excluding hydrogens is 240 g/mol. The average Bonchev–Trinajstić information content (AvgIpc) is 2.66. The van der Waals surface area contributed by atoms with Crippen LogP contribution < -0.4 is 0 Å². The minimum absolute atomic E-state index is 0.110. The summed E-state index contributed by atoms with van der Waals surface area (Å²) in [5.41, 5.74) is 3.47. The summed E-state index contributed by atoms with van der Waals surface area (Å²) in [4.78, 5) is 4.54. The maximum absolute atomic E-state index is 8.91. The molecule has 0 saturated carbocycles. The lowest BCUT2D eigenvalue weighted by Gasteiger charge is -2.06. The number of pyridine rings is 1. The molecule has 0 bridgehead atoms. The van der Waals surface area contributed by atoms with Gasteiger partial charge in [-0.25, -0.2) is 0 Å². The molecule has 1 aliphatic carbocycles. The summed E-state index contributed by atoms with van der Waals surface area (Å²) in [5.74, 6) is -0.110. The molecule has 1 aromatic rings.